The number of amides is 1. The molecule has 1 amide bonds. The molecule has 1 fully saturated rings. The van der Waals surface area contributed by atoms with Crippen molar-refractivity contribution in [2.24, 2.45) is 0 Å². The number of aromatic nitrogens is 3. The number of benzene rings is 1. The maximum absolute atomic E-state index is 13.0. The van der Waals surface area contributed by atoms with Gasteiger partial charge in [0, 0.05) is 13.1 Å². The van der Waals surface area contributed by atoms with Crippen molar-refractivity contribution < 1.29 is 23.8 Å². The van der Waals surface area contributed by atoms with Gasteiger partial charge in [0.05, 0.1) is 24.8 Å². The maximum atomic E-state index is 13.0. The Bertz CT molecular complexity index is 790. The highest BCUT2D eigenvalue weighted by molar-refractivity contribution is 5.90. The lowest BCUT2D eigenvalue weighted by Gasteiger charge is -2.31. The molecule has 3 rings (SSSR count). The third-order valence-electron chi connectivity index (χ3n) is 3.86. The van der Waals surface area contributed by atoms with Crippen molar-refractivity contribution in [2.45, 2.75) is 19.4 Å². The average Bonchev–Trinajstić information content (AvgIpc) is 2.96. The smallest absolute Gasteiger partial charge is 0.306 e. The fraction of sp³-hybridized carbons (Fsp3) is 0.375. The standard InChI is InChI=1S/C16H17FN4O4/c1-10-18-15(19-21(10)12-4-2-11(17)3-5-12)16(24)20-6-7-25-13(9-20)8-14(22)23/h2-5,13H,6-9H2,1H3,(H,22,23). The molecule has 0 bridgehead atoms. The number of halogens is 1. The normalized spacial score (nSPS) is 17.5. The Kier molecular flexibility index (Phi) is 4.75. The van der Waals surface area contributed by atoms with Gasteiger partial charge < -0.3 is 14.7 Å². The molecule has 1 atom stereocenters. The summed E-state index contributed by atoms with van der Waals surface area (Å²) in [4.78, 5) is 29.1. The van der Waals surface area contributed by atoms with E-state index in [1.807, 2.05) is 0 Å². The highest BCUT2D eigenvalue weighted by Crippen LogP contribution is 2.14. The van der Waals surface area contributed by atoms with Gasteiger partial charge >= 0.3 is 5.97 Å². The van der Waals surface area contributed by atoms with Crippen LogP contribution in [-0.2, 0) is 9.53 Å². The van der Waals surface area contributed by atoms with E-state index in [9.17, 15) is 14.0 Å². The third kappa shape index (κ3) is 3.82. The average molecular weight is 348 g/mol. The number of hydrogen-bond acceptors (Lipinski definition) is 5. The minimum absolute atomic E-state index is 0.0119. The monoisotopic (exact) mass is 348 g/mol. The van der Waals surface area contributed by atoms with E-state index in [-0.39, 0.29) is 37.1 Å². The number of morpholine rings is 1. The molecule has 1 saturated heterocycles. The summed E-state index contributed by atoms with van der Waals surface area (Å²) in [6, 6.07) is 5.69. The van der Waals surface area contributed by atoms with Gasteiger partial charge in [-0.3, -0.25) is 9.59 Å². The first-order valence-electron chi connectivity index (χ1n) is 7.76. The predicted octanol–water partition coefficient (Wildman–Crippen LogP) is 1.03. The number of carbonyl (C=O) groups is 2. The van der Waals surface area contributed by atoms with Crippen LogP contribution in [0.4, 0.5) is 4.39 Å². The number of hydrogen-bond donors (Lipinski definition) is 1. The largest absolute Gasteiger partial charge is 0.481 e. The van der Waals surface area contributed by atoms with Crippen molar-refractivity contribution in [3.8, 4) is 5.69 Å². The zero-order valence-electron chi connectivity index (χ0n) is 13.6. The van der Waals surface area contributed by atoms with Gasteiger partial charge in [-0.1, -0.05) is 0 Å². The van der Waals surface area contributed by atoms with Gasteiger partial charge in [-0.15, -0.1) is 5.10 Å². The van der Waals surface area contributed by atoms with Crippen molar-refractivity contribution in [3.05, 3.63) is 41.7 Å². The van der Waals surface area contributed by atoms with E-state index in [1.54, 1.807) is 19.1 Å². The first-order valence-corrected chi connectivity index (χ1v) is 7.76. The van der Waals surface area contributed by atoms with Gasteiger partial charge in [0.15, 0.2) is 0 Å². The second kappa shape index (κ2) is 6.98. The Morgan fingerprint density at radius 2 is 2.08 bits per heavy atom. The summed E-state index contributed by atoms with van der Waals surface area (Å²) in [7, 11) is 0. The number of carboxylic acid groups (broad SMARTS) is 1. The highest BCUT2D eigenvalue weighted by atomic mass is 19.1. The summed E-state index contributed by atoms with van der Waals surface area (Å²) in [5.41, 5.74) is 0.594. The van der Waals surface area contributed by atoms with Gasteiger partial charge in [-0.05, 0) is 31.2 Å². The van der Waals surface area contributed by atoms with E-state index in [1.165, 1.54) is 21.7 Å². The van der Waals surface area contributed by atoms with Crippen LogP contribution in [0.1, 0.15) is 22.9 Å². The van der Waals surface area contributed by atoms with E-state index >= 15 is 0 Å². The number of nitrogens with zero attached hydrogens (tertiary/aromatic N) is 4. The molecule has 1 N–H and O–H groups in total. The topological polar surface area (TPSA) is 97.6 Å². The second-order valence-corrected chi connectivity index (χ2v) is 5.71. The number of ether oxygens (including phenoxy) is 1. The molecule has 2 heterocycles. The lowest BCUT2D eigenvalue weighted by molar-refractivity contribution is -0.141. The molecule has 1 unspecified atom stereocenters. The van der Waals surface area contributed by atoms with Gasteiger partial charge in [0.2, 0.25) is 5.82 Å². The molecule has 1 aromatic heterocycles. The number of rotatable bonds is 4. The molecule has 1 aromatic carbocycles. The fourth-order valence-corrected chi connectivity index (χ4v) is 2.67. The molecule has 0 spiro atoms. The molecule has 132 valence electrons. The SMILES string of the molecule is Cc1nc(C(=O)N2CCOC(CC(=O)O)C2)nn1-c1ccc(F)cc1. The van der Waals surface area contributed by atoms with Crippen molar-refractivity contribution in [2.75, 3.05) is 19.7 Å². The van der Waals surface area contributed by atoms with Crippen LogP contribution in [0, 0.1) is 12.7 Å². The lowest BCUT2D eigenvalue weighted by atomic mass is 10.2. The van der Waals surface area contributed by atoms with E-state index in [4.69, 9.17) is 9.84 Å². The second-order valence-electron chi connectivity index (χ2n) is 5.71. The minimum Gasteiger partial charge on any atom is -0.481 e. The van der Waals surface area contributed by atoms with Crippen molar-refractivity contribution >= 4 is 11.9 Å². The maximum Gasteiger partial charge on any atom is 0.306 e. The molecule has 0 aliphatic carbocycles. The van der Waals surface area contributed by atoms with Crippen molar-refractivity contribution in [1.29, 1.82) is 0 Å². The number of aliphatic carboxylic acids is 1. The quantitative estimate of drug-likeness (QED) is 0.886. The van der Waals surface area contributed by atoms with Crippen LogP contribution < -0.4 is 0 Å². The van der Waals surface area contributed by atoms with E-state index in [0.717, 1.165) is 0 Å². The van der Waals surface area contributed by atoms with Gasteiger partial charge in [0.1, 0.15) is 11.6 Å². The molecule has 8 nitrogen and oxygen atoms in total. The first kappa shape index (κ1) is 17.0. The Hall–Kier alpha value is -2.81. The molecule has 1 aliphatic rings. The van der Waals surface area contributed by atoms with Crippen LogP contribution in [-0.4, -0.2) is 62.4 Å². The molecule has 0 saturated carbocycles. The Balaban J connectivity index is 1.77. The molecular weight excluding hydrogens is 331 g/mol. The van der Waals surface area contributed by atoms with Crippen LogP contribution in [0.2, 0.25) is 0 Å². The highest BCUT2D eigenvalue weighted by Gasteiger charge is 2.29. The Morgan fingerprint density at radius 1 is 1.36 bits per heavy atom. The summed E-state index contributed by atoms with van der Waals surface area (Å²) in [6.07, 6.45) is -0.712. The van der Waals surface area contributed by atoms with Crippen LogP contribution >= 0.6 is 0 Å². The Morgan fingerprint density at radius 3 is 2.76 bits per heavy atom. The summed E-state index contributed by atoms with van der Waals surface area (Å²) in [6.45, 7) is 2.48. The predicted molar refractivity (Wildman–Crippen MR) is 84.0 cm³/mol. The van der Waals surface area contributed by atoms with Gasteiger partial charge in [0.25, 0.3) is 5.91 Å². The zero-order valence-corrected chi connectivity index (χ0v) is 13.6. The number of aryl methyl sites for hydroxylation is 1. The number of carboxylic acids is 1. The Labute approximate surface area is 142 Å². The summed E-state index contributed by atoms with van der Waals surface area (Å²) < 4.78 is 19.9. The molecular formula is C16H17FN4O4. The van der Waals surface area contributed by atoms with E-state index < -0.39 is 12.1 Å². The van der Waals surface area contributed by atoms with E-state index in [2.05, 4.69) is 10.1 Å². The molecule has 9 heteroatoms. The zero-order chi connectivity index (χ0) is 18.0. The van der Waals surface area contributed by atoms with Gasteiger partial charge in [-0.25, -0.2) is 14.1 Å². The lowest BCUT2D eigenvalue weighted by Crippen LogP contribution is -2.46. The van der Waals surface area contributed by atoms with E-state index in [0.29, 0.717) is 18.1 Å². The minimum atomic E-state index is -0.978. The molecule has 2 aromatic rings. The third-order valence-corrected chi connectivity index (χ3v) is 3.86. The summed E-state index contributed by atoms with van der Waals surface area (Å²) in [5.74, 6) is -1.23. The molecule has 1 aliphatic heterocycles. The number of carbonyl (C=O) groups excluding carboxylic acids is 1. The van der Waals surface area contributed by atoms with Crippen LogP contribution in [0.25, 0.3) is 5.69 Å². The summed E-state index contributed by atoms with van der Waals surface area (Å²) >= 11 is 0. The molecule has 0 radical (unpaired) electrons. The molecule has 25 heavy (non-hydrogen) atoms. The van der Waals surface area contributed by atoms with Crippen LogP contribution in [0.5, 0.6) is 0 Å². The first-order chi connectivity index (χ1) is 11.9. The van der Waals surface area contributed by atoms with Crippen molar-refractivity contribution in [1.82, 2.24) is 19.7 Å². The fourth-order valence-electron chi connectivity index (χ4n) is 2.67. The van der Waals surface area contributed by atoms with Crippen LogP contribution in [0.3, 0.4) is 0 Å². The van der Waals surface area contributed by atoms with Gasteiger partial charge in [-0.2, -0.15) is 0 Å². The van der Waals surface area contributed by atoms with Crippen molar-refractivity contribution in [3.63, 3.8) is 0 Å². The summed E-state index contributed by atoms with van der Waals surface area (Å²) in [5, 5.41) is 13.1. The van der Waals surface area contributed by atoms with Crippen LogP contribution in [0.15, 0.2) is 24.3 Å².